The van der Waals surface area contributed by atoms with Crippen LogP contribution in [0.5, 0.6) is 0 Å². The van der Waals surface area contributed by atoms with Gasteiger partial charge in [-0.15, -0.1) is 0 Å². The molecule has 0 spiro atoms. The van der Waals surface area contributed by atoms with Crippen molar-refractivity contribution in [3.05, 3.63) is 236 Å². The predicted molar refractivity (Wildman–Crippen MR) is 278 cm³/mol. The molecule has 0 fully saturated rings. The summed E-state index contributed by atoms with van der Waals surface area (Å²) in [7, 11) is 0. The van der Waals surface area contributed by atoms with Crippen molar-refractivity contribution in [1.29, 1.82) is 5.26 Å². The van der Waals surface area contributed by atoms with Crippen LogP contribution in [0, 0.1) is 11.3 Å². The van der Waals surface area contributed by atoms with Crippen molar-refractivity contribution in [2.24, 2.45) is 0 Å². The van der Waals surface area contributed by atoms with Crippen LogP contribution in [0.25, 0.3) is 122 Å². The Morgan fingerprint density at radius 1 is 0.338 bits per heavy atom. The summed E-state index contributed by atoms with van der Waals surface area (Å²) in [4.78, 5) is 15.7. The third-order valence-electron chi connectivity index (χ3n) is 13.2. The summed E-state index contributed by atoms with van der Waals surface area (Å²) in [6.45, 7) is 0. The molecule has 6 heteroatoms. The Hall–Kier alpha value is -9.44. The van der Waals surface area contributed by atoms with E-state index >= 15 is 0 Å². The maximum absolute atomic E-state index is 11.2. The molecule has 0 unspecified atom stereocenters. The number of para-hydroxylation sites is 2. The van der Waals surface area contributed by atoms with Crippen LogP contribution in [0.4, 0.5) is 0 Å². The maximum Gasteiger partial charge on any atom is 0.164 e. The zero-order valence-corrected chi connectivity index (χ0v) is 36.6. The van der Waals surface area contributed by atoms with E-state index in [1.807, 2.05) is 72.8 Å². The molecule has 0 bridgehead atoms. The Kier molecular flexibility index (Phi) is 9.12. The number of benzene rings is 10. The van der Waals surface area contributed by atoms with Gasteiger partial charge in [-0.2, -0.15) is 5.26 Å². The van der Waals surface area contributed by atoms with Gasteiger partial charge in [-0.05, 0) is 70.1 Å². The molecule has 0 aliphatic heterocycles. The average molecular weight is 867 g/mol. The molecule has 68 heavy (non-hydrogen) atoms. The Bertz CT molecular complexity index is 4050. The second-order valence-electron chi connectivity index (χ2n) is 17.0. The molecule has 3 heterocycles. The molecule has 13 aromatic rings. The SMILES string of the molecule is N#Cc1cc(-c2nc(-c3ccccc3-c3ccccc3)nc(-c3ccccc3-c3ccccc3)n2)ccc1-n1c2ccccc2c2ccc3c(c4ccccc4n3-c3cccc4ccccc34)c21. The summed E-state index contributed by atoms with van der Waals surface area (Å²) in [6.07, 6.45) is 0. The van der Waals surface area contributed by atoms with Gasteiger partial charge >= 0.3 is 0 Å². The number of hydrogen-bond acceptors (Lipinski definition) is 4. The van der Waals surface area contributed by atoms with E-state index in [4.69, 9.17) is 15.0 Å². The van der Waals surface area contributed by atoms with E-state index in [0.717, 1.165) is 88.4 Å². The van der Waals surface area contributed by atoms with Gasteiger partial charge in [0.05, 0.1) is 39.0 Å². The molecule has 0 saturated heterocycles. The quantitative estimate of drug-likeness (QED) is 0.160. The minimum Gasteiger partial charge on any atom is -0.309 e. The van der Waals surface area contributed by atoms with Gasteiger partial charge in [0.1, 0.15) is 6.07 Å². The first kappa shape index (κ1) is 39.0. The van der Waals surface area contributed by atoms with Gasteiger partial charge in [-0.3, -0.25) is 0 Å². The molecule has 3 aromatic heterocycles. The fourth-order valence-corrected chi connectivity index (χ4v) is 10.2. The van der Waals surface area contributed by atoms with Crippen molar-refractivity contribution < 1.29 is 0 Å². The molecule has 0 aliphatic rings. The summed E-state index contributed by atoms with van der Waals surface area (Å²) >= 11 is 0. The Morgan fingerprint density at radius 2 is 0.868 bits per heavy atom. The van der Waals surface area contributed by atoms with Crippen LogP contribution in [-0.2, 0) is 0 Å². The minimum atomic E-state index is 0.474. The van der Waals surface area contributed by atoms with Crippen molar-refractivity contribution in [3.8, 4) is 73.9 Å². The number of nitriles is 1. The van der Waals surface area contributed by atoms with Crippen molar-refractivity contribution in [1.82, 2.24) is 24.1 Å². The van der Waals surface area contributed by atoms with Gasteiger partial charge in [0.2, 0.25) is 0 Å². The molecule has 0 saturated carbocycles. The zero-order chi connectivity index (χ0) is 45.1. The number of rotatable bonds is 7. The van der Waals surface area contributed by atoms with Gasteiger partial charge in [0, 0.05) is 43.6 Å². The molecule has 0 atom stereocenters. The molecule has 0 radical (unpaired) electrons. The van der Waals surface area contributed by atoms with Crippen molar-refractivity contribution in [2.45, 2.75) is 0 Å². The van der Waals surface area contributed by atoms with Crippen LogP contribution in [-0.4, -0.2) is 24.1 Å². The van der Waals surface area contributed by atoms with Crippen molar-refractivity contribution in [2.75, 3.05) is 0 Å². The van der Waals surface area contributed by atoms with E-state index < -0.39 is 0 Å². The van der Waals surface area contributed by atoms with Crippen molar-refractivity contribution >= 4 is 54.4 Å². The number of aromatic nitrogens is 5. The molecular weight excluding hydrogens is 829 g/mol. The summed E-state index contributed by atoms with van der Waals surface area (Å²) in [6, 6.07) is 82.5. The lowest BCUT2D eigenvalue weighted by Crippen LogP contribution is -2.03. The highest BCUT2D eigenvalue weighted by atomic mass is 15.0. The lowest BCUT2D eigenvalue weighted by molar-refractivity contribution is 1.07. The second kappa shape index (κ2) is 15.9. The number of hydrogen-bond donors (Lipinski definition) is 0. The highest BCUT2D eigenvalue weighted by molar-refractivity contribution is 6.26. The summed E-state index contributed by atoms with van der Waals surface area (Å²) < 4.78 is 4.68. The molecule has 316 valence electrons. The van der Waals surface area contributed by atoms with Crippen LogP contribution in [0.2, 0.25) is 0 Å². The summed E-state index contributed by atoms with van der Waals surface area (Å²) in [5.41, 5.74) is 13.3. The predicted octanol–water partition coefficient (Wildman–Crippen LogP) is 15.4. The number of nitrogens with zero attached hydrogens (tertiary/aromatic N) is 6. The van der Waals surface area contributed by atoms with Crippen molar-refractivity contribution in [3.63, 3.8) is 0 Å². The molecule has 0 amide bonds. The molecule has 0 aliphatic carbocycles. The normalized spacial score (nSPS) is 11.5. The topological polar surface area (TPSA) is 72.3 Å². The molecular formula is C62H38N6. The van der Waals surface area contributed by atoms with Crippen LogP contribution in [0.1, 0.15) is 5.56 Å². The van der Waals surface area contributed by atoms with Gasteiger partial charge in [0.15, 0.2) is 17.5 Å². The summed E-state index contributed by atoms with van der Waals surface area (Å²) in [5, 5.41) is 18.1. The molecule has 6 nitrogen and oxygen atoms in total. The van der Waals surface area contributed by atoms with Crippen LogP contribution < -0.4 is 0 Å². The third-order valence-corrected chi connectivity index (χ3v) is 13.2. The Morgan fingerprint density at radius 3 is 1.53 bits per heavy atom. The first-order valence-corrected chi connectivity index (χ1v) is 22.8. The standard InChI is InChI=1S/C62H38N6/c63-39-44-38-43(60-64-61(50-28-11-9-24-45(50)40-18-3-1-4-19-40)66-62(65-60)51-29-12-10-25-46(51)41-20-5-2-6-21-41)34-36-53(44)68-55-31-15-13-27-48(55)49-35-37-57-58(59(49)68)52-30-14-16-32-56(52)67(57)54-33-17-23-42-22-7-8-26-47(42)54/h1-38H. The third kappa shape index (κ3) is 6.22. The van der Waals surface area contributed by atoms with E-state index in [2.05, 4.69) is 173 Å². The van der Waals surface area contributed by atoms with E-state index in [1.54, 1.807) is 0 Å². The monoisotopic (exact) mass is 866 g/mol. The fourth-order valence-electron chi connectivity index (χ4n) is 10.2. The van der Waals surface area contributed by atoms with Gasteiger partial charge < -0.3 is 9.13 Å². The molecule has 0 N–H and O–H groups in total. The van der Waals surface area contributed by atoms with E-state index in [0.29, 0.717) is 28.6 Å². The minimum absolute atomic E-state index is 0.474. The van der Waals surface area contributed by atoms with Crippen LogP contribution >= 0.6 is 0 Å². The smallest absolute Gasteiger partial charge is 0.164 e. The molecule has 13 rings (SSSR count). The lowest BCUT2D eigenvalue weighted by atomic mass is 9.98. The first-order valence-electron chi connectivity index (χ1n) is 22.8. The first-order chi connectivity index (χ1) is 33.7. The average Bonchev–Trinajstić information content (AvgIpc) is 3.93. The number of fused-ring (bicyclic) bond motifs is 8. The maximum atomic E-state index is 11.2. The lowest BCUT2D eigenvalue weighted by Gasteiger charge is -2.15. The summed E-state index contributed by atoms with van der Waals surface area (Å²) in [5.74, 6) is 1.56. The van der Waals surface area contributed by atoms with Gasteiger partial charge in [-0.1, -0.05) is 188 Å². The zero-order valence-electron chi connectivity index (χ0n) is 36.6. The largest absolute Gasteiger partial charge is 0.309 e. The van der Waals surface area contributed by atoms with E-state index in [9.17, 15) is 5.26 Å². The van der Waals surface area contributed by atoms with Crippen LogP contribution in [0.15, 0.2) is 231 Å². The highest BCUT2D eigenvalue weighted by Crippen LogP contribution is 2.44. The van der Waals surface area contributed by atoms with E-state index in [1.165, 1.54) is 10.8 Å². The fraction of sp³-hybridized carbons (Fsp3) is 0. The Balaban J connectivity index is 1.05. The highest BCUT2D eigenvalue weighted by Gasteiger charge is 2.24. The molecule has 10 aromatic carbocycles. The van der Waals surface area contributed by atoms with Crippen LogP contribution in [0.3, 0.4) is 0 Å². The van der Waals surface area contributed by atoms with E-state index in [-0.39, 0.29) is 0 Å². The van der Waals surface area contributed by atoms with Gasteiger partial charge in [-0.25, -0.2) is 15.0 Å². The second-order valence-corrected chi connectivity index (χ2v) is 17.0. The van der Waals surface area contributed by atoms with Gasteiger partial charge in [0.25, 0.3) is 0 Å². The Labute approximate surface area is 391 Å².